The highest BCUT2D eigenvalue weighted by molar-refractivity contribution is 9.10. The van der Waals surface area contributed by atoms with Crippen LogP contribution in [0.5, 0.6) is 0 Å². The van der Waals surface area contributed by atoms with Crippen LogP contribution < -0.4 is 4.90 Å². The van der Waals surface area contributed by atoms with Gasteiger partial charge < -0.3 is 4.74 Å². The Balaban J connectivity index is 2.29. The van der Waals surface area contributed by atoms with Gasteiger partial charge in [-0.15, -0.1) is 0 Å². The molecule has 68 valence electrons. The van der Waals surface area contributed by atoms with Gasteiger partial charge in [0.25, 0.3) is 0 Å². The molecule has 1 aliphatic rings. The molecule has 0 aliphatic carbocycles. The zero-order valence-electron chi connectivity index (χ0n) is 6.87. The number of ether oxygens (including phenoxy) is 1. The van der Waals surface area contributed by atoms with E-state index in [1.165, 1.54) is 0 Å². The van der Waals surface area contributed by atoms with Crippen molar-refractivity contribution in [3.8, 4) is 0 Å². The van der Waals surface area contributed by atoms with Gasteiger partial charge in [0.1, 0.15) is 6.61 Å². The van der Waals surface area contributed by atoms with Gasteiger partial charge in [-0.25, -0.2) is 4.79 Å². The summed E-state index contributed by atoms with van der Waals surface area (Å²) in [5.41, 5.74) is 0.872. The highest BCUT2D eigenvalue weighted by Gasteiger charge is 2.23. The van der Waals surface area contributed by atoms with Crippen LogP contribution in [0.4, 0.5) is 10.5 Å². The number of carbonyl (C=O) groups excluding carboxylic acids is 1. The van der Waals surface area contributed by atoms with Crippen LogP contribution in [0.2, 0.25) is 0 Å². The summed E-state index contributed by atoms with van der Waals surface area (Å²) in [5.74, 6) is 0. The molecule has 13 heavy (non-hydrogen) atoms. The molecule has 0 saturated carbocycles. The molecule has 0 spiro atoms. The fourth-order valence-corrected chi connectivity index (χ4v) is 1.66. The van der Waals surface area contributed by atoms with Crippen molar-refractivity contribution in [2.75, 3.05) is 18.1 Å². The van der Waals surface area contributed by atoms with E-state index in [4.69, 9.17) is 4.74 Å². The van der Waals surface area contributed by atoms with Gasteiger partial charge >= 0.3 is 6.09 Å². The van der Waals surface area contributed by atoms with E-state index in [1.54, 1.807) is 4.90 Å². The molecule has 1 aromatic carbocycles. The SMILES string of the molecule is O=C1OCCN1c1cccc(Br)c1. The smallest absolute Gasteiger partial charge is 0.414 e. The third-order valence-corrected chi connectivity index (χ3v) is 2.37. The zero-order valence-corrected chi connectivity index (χ0v) is 8.45. The van der Waals surface area contributed by atoms with Gasteiger partial charge in [0, 0.05) is 10.2 Å². The van der Waals surface area contributed by atoms with E-state index in [1.807, 2.05) is 24.3 Å². The molecule has 3 nitrogen and oxygen atoms in total. The number of carbonyl (C=O) groups is 1. The van der Waals surface area contributed by atoms with Crippen LogP contribution in [0.15, 0.2) is 28.7 Å². The predicted molar refractivity (Wildman–Crippen MR) is 52.8 cm³/mol. The van der Waals surface area contributed by atoms with Crippen LogP contribution in [0, 0.1) is 0 Å². The molecule has 1 saturated heterocycles. The van der Waals surface area contributed by atoms with Crippen LogP contribution in [-0.2, 0) is 4.74 Å². The third kappa shape index (κ3) is 1.67. The third-order valence-electron chi connectivity index (χ3n) is 1.88. The maximum absolute atomic E-state index is 11.2. The first-order valence-corrected chi connectivity index (χ1v) is 4.76. The molecule has 1 amide bonds. The van der Waals surface area contributed by atoms with Crippen LogP contribution >= 0.6 is 15.9 Å². The van der Waals surface area contributed by atoms with Crippen molar-refractivity contribution in [3.63, 3.8) is 0 Å². The summed E-state index contributed by atoms with van der Waals surface area (Å²) in [4.78, 5) is 12.8. The molecule has 1 aliphatic heterocycles. The van der Waals surface area contributed by atoms with E-state index < -0.39 is 0 Å². The molecule has 0 atom stereocenters. The Labute approximate surface area is 84.4 Å². The van der Waals surface area contributed by atoms with Gasteiger partial charge in [-0.3, -0.25) is 4.90 Å². The Kier molecular flexibility index (Phi) is 2.22. The van der Waals surface area contributed by atoms with E-state index in [9.17, 15) is 4.79 Å². The lowest BCUT2D eigenvalue weighted by atomic mass is 10.3. The monoisotopic (exact) mass is 241 g/mol. The number of hydrogen-bond donors (Lipinski definition) is 0. The standard InChI is InChI=1S/C9H8BrNO2/c10-7-2-1-3-8(6-7)11-4-5-13-9(11)12/h1-3,6H,4-5H2. The summed E-state index contributed by atoms with van der Waals surface area (Å²) >= 11 is 3.35. The highest BCUT2D eigenvalue weighted by Crippen LogP contribution is 2.22. The van der Waals surface area contributed by atoms with Gasteiger partial charge in [0.05, 0.1) is 6.54 Å². The summed E-state index contributed by atoms with van der Waals surface area (Å²) < 4.78 is 5.79. The molecule has 4 heteroatoms. The quantitative estimate of drug-likeness (QED) is 0.756. The first-order valence-electron chi connectivity index (χ1n) is 3.97. The van der Waals surface area contributed by atoms with E-state index in [-0.39, 0.29) is 6.09 Å². The molecule has 0 bridgehead atoms. The van der Waals surface area contributed by atoms with Gasteiger partial charge in [-0.05, 0) is 18.2 Å². The Hall–Kier alpha value is -1.03. The van der Waals surface area contributed by atoms with Gasteiger partial charge in [-0.2, -0.15) is 0 Å². The normalized spacial score (nSPS) is 16.1. The van der Waals surface area contributed by atoms with Gasteiger partial charge in [-0.1, -0.05) is 22.0 Å². The summed E-state index contributed by atoms with van der Waals surface area (Å²) in [7, 11) is 0. The second-order valence-electron chi connectivity index (χ2n) is 2.75. The van der Waals surface area contributed by atoms with Crippen LogP contribution in [0.25, 0.3) is 0 Å². The predicted octanol–water partition coefficient (Wildman–Crippen LogP) is 2.41. The molecule has 1 fully saturated rings. The average Bonchev–Trinajstić information content (AvgIpc) is 2.51. The summed E-state index contributed by atoms with van der Waals surface area (Å²) in [6.45, 7) is 1.11. The van der Waals surface area contributed by atoms with Crippen molar-refractivity contribution in [3.05, 3.63) is 28.7 Å². The minimum Gasteiger partial charge on any atom is -0.447 e. The molecule has 1 heterocycles. The lowest BCUT2D eigenvalue weighted by Gasteiger charge is -2.12. The number of amides is 1. The highest BCUT2D eigenvalue weighted by atomic mass is 79.9. The minimum absolute atomic E-state index is 0.266. The first-order chi connectivity index (χ1) is 6.27. The van der Waals surface area contributed by atoms with E-state index in [0.717, 1.165) is 10.2 Å². The van der Waals surface area contributed by atoms with Crippen molar-refractivity contribution in [1.82, 2.24) is 0 Å². The van der Waals surface area contributed by atoms with Crippen LogP contribution in [0.3, 0.4) is 0 Å². The van der Waals surface area contributed by atoms with Crippen molar-refractivity contribution in [2.45, 2.75) is 0 Å². The lowest BCUT2D eigenvalue weighted by Crippen LogP contribution is -2.23. The molecule has 0 aromatic heterocycles. The number of cyclic esters (lactones) is 1. The summed E-state index contributed by atoms with van der Waals surface area (Å²) in [6, 6.07) is 7.60. The molecule has 0 N–H and O–H groups in total. The number of benzene rings is 1. The summed E-state index contributed by atoms with van der Waals surface area (Å²) in [6.07, 6.45) is -0.266. The van der Waals surface area contributed by atoms with Crippen molar-refractivity contribution < 1.29 is 9.53 Å². The van der Waals surface area contributed by atoms with Gasteiger partial charge in [0.15, 0.2) is 0 Å². The maximum Gasteiger partial charge on any atom is 0.414 e. The Morgan fingerprint density at radius 3 is 2.92 bits per heavy atom. The second kappa shape index (κ2) is 3.38. The first kappa shape index (κ1) is 8.56. The van der Waals surface area contributed by atoms with E-state index in [2.05, 4.69) is 15.9 Å². The second-order valence-corrected chi connectivity index (χ2v) is 3.66. The molecule has 2 rings (SSSR count). The number of anilines is 1. The van der Waals surface area contributed by atoms with E-state index in [0.29, 0.717) is 13.2 Å². The number of halogens is 1. The van der Waals surface area contributed by atoms with E-state index >= 15 is 0 Å². The molecular weight excluding hydrogens is 234 g/mol. The number of nitrogens with zero attached hydrogens (tertiary/aromatic N) is 1. The molecule has 1 aromatic rings. The van der Waals surface area contributed by atoms with Crippen LogP contribution in [-0.4, -0.2) is 19.2 Å². The zero-order chi connectivity index (χ0) is 9.26. The molecular formula is C9H8BrNO2. The largest absolute Gasteiger partial charge is 0.447 e. The maximum atomic E-state index is 11.2. The van der Waals surface area contributed by atoms with Crippen molar-refractivity contribution in [2.24, 2.45) is 0 Å². The lowest BCUT2D eigenvalue weighted by molar-refractivity contribution is 0.181. The Morgan fingerprint density at radius 2 is 2.31 bits per heavy atom. The van der Waals surface area contributed by atoms with Gasteiger partial charge in [0.2, 0.25) is 0 Å². The average molecular weight is 242 g/mol. The fraction of sp³-hybridized carbons (Fsp3) is 0.222. The van der Waals surface area contributed by atoms with Crippen molar-refractivity contribution >= 4 is 27.7 Å². The van der Waals surface area contributed by atoms with Crippen LogP contribution in [0.1, 0.15) is 0 Å². The Bertz CT molecular complexity index is 340. The molecule has 0 radical (unpaired) electrons. The molecule has 0 unspecified atom stereocenters. The Morgan fingerprint density at radius 1 is 1.46 bits per heavy atom. The van der Waals surface area contributed by atoms with Crippen molar-refractivity contribution in [1.29, 1.82) is 0 Å². The topological polar surface area (TPSA) is 29.5 Å². The minimum atomic E-state index is -0.266. The number of hydrogen-bond acceptors (Lipinski definition) is 2. The number of rotatable bonds is 1. The fourth-order valence-electron chi connectivity index (χ4n) is 1.27. The summed E-state index contributed by atoms with van der Waals surface area (Å²) in [5, 5.41) is 0.